The lowest BCUT2D eigenvalue weighted by molar-refractivity contribution is -0.112. The number of nitrogens with zero attached hydrogens (tertiary/aromatic N) is 1. The summed E-state index contributed by atoms with van der Waals surface area (Å²) in [6.07, 6.45) is 2.29. The van der Waals surface area contributed by atoms with Gasteiger partial charge in [0.15, 0.2) is 5.78 Å². The Morgan fingerprint density at radius 2 is 1.77 bits per heavy atom. The molecule has 1 N–H and O–H groups in total. The minimum Gasteiger partial charge on any atom is -0.489 e. The highest BCUT2D eigenvalue weighted by molar-refractivity contribution is 6.41. The molecule has 0 radical (unpaired) electrons. The van der Waals surface area contributed by atoms with Gasteiger partial charge in [0.1, 0.15) is 18.1 Å². The van der Waals surface area contributed by atoms with Crippen LogP contribution < -0.4 is 10.2 Å². The molecule has 0 aliphatic heterocycles. The molecule has 2 aromatic rings. The molecule has 1 saturated carbocycles. The zero-order valence-electron chi connectivity index (χ0n) is 12.3. The van der Waals surface area contributed by atoms with Crippen LogP contribution in [0, 0.1) is 0 Å². The molecule has 0 spiro atoms. The van der Waals surface area contributed by atoms with E-state index in [2.05, 4.69) is 10.5 Å². The number of carbonyl (C=O) groups excluding carboxylic acids is 1. The first-order valence-electron chi connectivity index (χ1n) is 7.44. The molecular formula is C18H18N2O2. The molecule has 1 fully saturated rings. The predicted octanol–water partition coefficient (Wildman–Crippen LogP) is 3.79. The minimum atomic E-state index is 0.148. The van der Waals surface area contributed by atoms with Crippen molar-refractivity contribution in [1.82, 2.24) is 0 Å². The fraction of sp³-hybridized carbons (Fsp3) is 0.222. The second kappa shape index (κ2) is 6.89. The Morgan fingerprint density at radius 1 is 1.00 bits per heavy atom. The molecule has 0 atom stereocenters. The van der Waals surface area contributed by atoms with Gasteiger partial charge in [-0.3, -0.25) is 10.2 Å². The summed E-state index contributed by atoms with van der Waals surface area (Å²) in [5.74, 6) is 0.953. The molecule has 0 unspecified atom stereocenters. The normalized spacial score (nSPS) is 16.0. The zero-order valence-corrected chi connectivity index (χ0v) is 12.3. The summed E-state index contributed by atoms with van der Waals surface area (Å²) >= 11 is 0. The number of hydrazone groups is 1. The van der Waals surface area contributed by atoms with Gasteiger partial charge in [-0.15, -0.1) is 0 Å². The fourth-order valence-corrected chi connectivity index (χ4v) is 2.32. The van der Waals surface area contributed by atoms with Crippen LogP contribution in [0.5, 0.6) is 5.75 Å². The van der Waals surface area contributed by atoms with Crippen molar-refractivity contribution in [2.45, 2.75) is 25.9 Å². The van der Waals surface area contributed by atoms with Crippen LogP contribution in [-0.2, 0) is 11.4 Å². The van der Waals surface area contributed by atoms with Crippen molar-refractivity contribution in [3.63, 3.8) is 0 Å². The highest BCUT2D eigenvalue weighted by Crippen LogP contribution is 2.18. The van der Waals surface area contributed by atoms with Crippen LogP contribution in [0.2, 0.25) is 0 Å². The summed E-state index contributed by atoms with van der Waals surface area (Å²) in [6.45, 7) is 0.546. The smallest absolute Gasteiger partial charge is 0.178 e. The van der Waals surface area contributed by atoms with Gasteiger partial charge in [-0.25, -0.2) is 0 Å². The molecule has 2 aromatic carbocycles. The molecule has 1 aliphatic carbocycles. The van der Waals surface area contributed by atoms with E-state index in [-0.39, 0.29) is 5.78 Å². The summed E-state index contributed by atoms with van der Waals surface area (Å²) in [5.41, 5.74) is 5.55. The van der Waals surface area contributed by atoms with Gasteiger partial charge in [0.05, 0.1) is 5.69 Å². The van der Waals surface area contributed by atoms with Gasteiger partial charge in [-0.1, -0.05) is 30.3 Å². The quantitative estimate of drug-likeness (QED) is 0.854. The van der Waals surface area contributed by atoms with E-state index in [1.54, 1.807) is 0 Å². The van der Waals surface area contributed by atoms with Gasteiger partial charge in [0.2, 0.25) is 0 Å². The summed E-state index contributed by atoms with van der Waals surface area (Å²) in [6, 6.07) is 17.6. The van der Waals surface area contributed by atoms with E-state index in [0.29, 0.717) is 18.7 Å². The van der Waals surface area contributed by atoms with Gasteiger partial charge >= 0.3 is 0 Å². The van der Waals surface area contributed by atoms with E-state index in [0.717, 1.165) is 29.8 Å². The van der Waals surface area contributed by atoms with E-state index < -0.39 is 0 Å². The maximum absolute atomic E-state index is 11.5. The first kappa shape index (κ1) is 14.3. The molecule has 0 bridgehead atoms. The largest absolute Gasteiger partial charge is 0.489 e. The van der Waals surface area contributed by atoms with Crippen molar-refractivity contribution < 1.29 is 9.53 Å². The van der Waals surface area contributed by atoms with Crippen LogP contribution in [-0.4, -0.2) is 11.5 Å². The maximum Gasteiger partial charge on any atom is 0.178 e. The van der Waals surface area contributed by atoms with Crippen LogP contribution in [0.15, 0.2) is 59.7 Å². The second-order valence-electron chi connectivity index (χ2n) is 5.25. The number of ketones is 1. The van der Waals surface area contributed by atoms with Crippen molar-refractivity contribution in [2.75, 3.05) is 5.43 Å². The first-order valence-corrected chi connectivity index (χ1v) is 7.44. The Morgan fingerprint density at radius 3 is 2.45 bits per heavy atom. The maximum atomic E-state index is 11.5. The van der Waals surface area contributed by atoms with E-state index in [1.807, 2.05) is 54.6 Å². The van der Waals surface area contributed by atoms with Crippen molar-refractivity contribution in [3.8, 4) is 5.75 Å². The van der Waals surface area contributed by atoms with Crippen LogP contribution in [0.4, 0.5) is 5.69 Å². The molecule has 0 heterocycles. The topological polar surface area (TPSA) is 50.7 Å². The number of benzene rings is 2. The third-order valence-electron chi connectivity index (χ3n) is 3.56. The molecule has 22 heavy (non-hydrogen) atoms. The lowest BCUT2D eigenvalue weighted by atomic mass is 10.2. The molecule has 0 aromatic heterocycles. The lowest BCUT2D eigenvalue weighted by Crippen LogP contribution is -2.07. The Hall–Kier alpha value is -2.62. The molecule has 4 heteroatoms. The monoisotopic (exact) mass is 294 g/mol. The van der Waals surface area contributed by atoms with Crippen molar-refractivity contribution >= 4 is 17.2 Å². The number of ether oxygens (including phenoxy) is 1. The molecule has 0 amide bonds. The van der Waals surface area contributed by atoms with Gasteiger partial charge < -0.3 is 4.74 Å². The predicted molar refractivity (Wildman–Crippen MR) is 87.1 cm³/mol. The number of hydrogen-bond donors (Lipinski definition) is 1. The van der Waals surface area contributed by atoms with Crippen molar-refractivity contribution in [1.29, 1.82) is 0 Å². The minimum absolute atomic E-state index is 0.148. The summed E-state index contributed by atoms with van der Waals surface area (Å²) in [5, 5.41) is 4.17. The number of rotatable bonds is 5. The van der Waals surface area contributed by atoms with Gasteiger partial charge in [0.25, 0.3) is 0 Å². The highest BCUT2D eigenvalue weighted by atomic mass is 16.5. The SMILES string of the molecule is O=C1CCC/C1=N/Nc1ccc(OCc2ccccc2)cc1. The Kier molecular flexibility index (Phi) is 4.49. The zero-order chi connectivity index (χ0) is 15.2. The molecule has 0 saturated heterocycles. The van der Waals surface area contributed by atoms with Gasteiger partial charge in [0, 0.05) is 6.42 Å². The van der Waals surface area contributed by atoms with Crippen LogP contribution in [0.3, 0.4) is 0 Å². The van der Waals surface area contributed by atoms with Crippen LogP contribution in [0.25, 0.3) is 0 Å². The Bertz CT molecular complexity index is 663. The third-order valence-corrected chi connectivity index (χ3v) is 3.56. The summed E-state index contributed by atoms with van der Waals surface area (Å²) in [4.78, 5) is 11.5. The lowest BCUT2D eigenvalue weighted by Gasteiger charge is -2.07. The molecule has 3 rings (SSSR count). The number of anilines is 1. The number of carbonyl (C=O) groups is 1. The molecule has 4 nitrogen and oxygen atoms in total. The van der Waals surface area contributed by atoms with E-state index in [9.17, 15) is 4.79 Å². The summed E-state index contributed by atoms with van der Waals surface area (Å²) in [7, 11) is 0. The van der Waals surface area contributed by atoms with E-state index >= 15 is 0 Å². The van der Waals surface area contributed by atoms with E-state index in [1.165, 1.54) is 0 Å². The first-order chi connectivity index (χ1) is 10.8. The van der Waals surface area contributed by atoms with Gasteiger partial charge in [-0.05, 0) is 42.7 Å². The van der Waals surface area contributed by atoms with Gasteiger partial charge in [-0.2, -0.15) is 5.10 Å². The average Bonchev–Trinajstić information content (AvgIpc) is 2.98. The van der Waals surface area contributed by atoms with E-state index in [4.69, 9.17) is 4.74 Å². The second-order valence-corrected chi connectivity index (χ2v) is 5.25. The molecular weight excluding hydrogens is 276 g/mol. The van der Waals surface area contributed by atoms with Crippen LogP contribution >= 0.6 is 0 Å². The average molecular weight is 294 g/mol. The number of nitrogens with one attached hydrogen (secondary N) is 1. The summed E-state index contributed by atoms with van der Waals surface area (Å²) < 4.78 is 5.72. The molecule has 112 valence electrons. The van der Waals surface area contributed by atoms with Crippen LogP contribution in [0.1, 0.15) is 24.8 Å². The van der Waals surface area contributed by atoms with Crippen molar-refractivity contribution in [2.24, 2.45) is 5.10 Å². The Balaban J connectivity index is 1.55. The standard InChI is InChI=1S/C18H18N2O2/c21-18-8-4-7-17(18)20-19-15-9-11-16(12-10-15)22-13-14-5-2-1-3-6-14/h1-3,5-6,9-12,19H,4,7-8,13H2/b20-17-. The third kappa shape index (κ3) is 3.73. The fourth-order valence-electron chi connectivity index (χ4n) is 2.32. The number of Topliss-reactive ketones (excluding diaryl/α,β-unsaturated/α-hetero) is 1. The van der Waals surface area contributed by atoms with Crippen molar-refractivity contribution in [3.05, 3.63) is 60.2 Å². The Labute approximate surface area is 129 Å². The molecule has 1 aliphatic rings. The number of hydrogen-bond acceptors (Lipinski definition) is 4. The highest BCUT2D eigenvalue weighted by Gasteiger charge is 2.18.